The van der Waals surface area contributed by atoms with E-state index in [1.807, 2.05) is 36.4 Å². The molecule has 1 aliphatic rings. The molecule has 1 aliphatic heterocycles. The normalized spacial score (nSPS) is 16.3. The second-order valence-corrected chi connectivity index (χ2v) is 7.40. The maximum Gasteiger partial charge on any atom is 0.340 e. The van der Waals surface area contributed by atoms with E-state index >= 15 is 0 Å². The number of hydrogen-bond donors (Lipinski definition) is 1. The van der Waals surface area contributed by atoms with Gasteiger partial charge in [0.15, 0.2) is 5.75 Å². The van der Waals surface area contributed by atoms with Crippen molar-refractivity contribution in [3.8, 4) is 5.75 Å². The molecule has 2 aromatic carbocycles. The highest BCUT2D eigenvalue weighted by molar-refractivity contribution is 7.19. The van der Waals surface area contributed by atoms with Crippen LogP contribution in [0.25, 0.3) is 10.1 Å². The molecule has 0 saturated heterocycles. The summed E-state index contributed by atoms with van der Waals surface area (Å²) in [5, 5.41) is 1.62. The average Bonchev–Trinajstić information content (AvgIpc) is 3.00. The van der Waals surface area contributed by atoms with Gasteiger partial charge in [0.25, 0.3) is 0 Å². The van der Waals surface area contributed by atoms with Crippen LogP contribution in [-0.2, 0) is 9.53 Å². The summed E-state index contributed by atoms with van der Waals surface area (Å²) in [6.07, 6.45) is 0. The SMILES string of the molecule is CCOC(=O)C1=C(N)Oc2c(sc3ccccc23)[C@@H]1c1ccc(Cl)cc1. The van der Waals surface area contributed by atoms with Gasteiger partial charge in [-0.3, -0.25) is 0 Å². The lowest BCUT2D eigenvalue weighted by Crippen LogP contribution is -2.26. The molecule has 4 nitrogen and oxygen atoms in total. The Bertz CT molecular complexity index is 1020. The first-order valence-corrected chi connectivity index (χ1v) is 9.41. The maximum atomic E-state index is 12.6. The highest BCUT2D eigenvalue weighted by atomic mass is 35.5. The van der Waals surface area contributed by atoms with Gasteiger partial charge in [0, 0.05) is 15.1 Å². The van der Waals surface area contributed by atoms with Crippen LogP contribution in [0.15, 0.2) is 60.0 Å². The van der Waals surface area contributed by atoms with Crippen LogP contribution in [0.4, 0.5) is 0 Å². The van der Waals surface area contributed by atoms with E-state index in [0.717, 1.165) is 20.5 Å². The van der Waals surface area contributed by atoms with Gasteiger partial charge in [-0.15, -0.1) is 11.3 Å². The third kappa shape index (κ3) is 2.73. The molecule has 6 heteroatoms. The Hall–Kier alpha value is -2.50. The van der Waals surface area contributed by atoms with Crippen molar-refractivity contribution in [2.45, 2.75) is 12.8 Å². The average molecular weight is 386 g/mol. The van der Waals surface area contributed by atoms with Gasteiger partial charge >= 0.3 is 5.97 Å². The second kappa shape index (κ2) is 6.67. The fourth-order valence-corrected chi connectivity index (χ4v) is 4.57. The molecule has 2 N–H and O–H groups in total. The quantitative estimate of drug-likeness (QED) is 0.657. The van der Waals surface area contributed by atoms with Gasteiger partial charge < -0.3 is 15.2 Å². The fraction of sp³-hybridized carbons (Fsp3) is 0.150. The van der Waals surface area contributed by atoms with Crippen molar-refractivity contribution in [1.82, 2.24) is 0 Å². The Morgan fingerprint density at radius 3 is 2.69 bits per heavy atom. The van der Waals surface area contributed by atoms with E-state index in [0.29, 0.717) is 16.3 Å². The lowest BCUT2D eigenvalue weighted by Gasteiger charge is -2.26. The molecule has 0 unspecified atom stereocenters. The molecule has 0 amide bonds. The Labute approximate surface area is 159 Å². The molecular formula is C20H16ClNO3S. The minimum Gasteiger partial charge on any atom is -0.462 e. The van der Waals surface area contributed by atoms with E-state index < -0.39 is 5.97 Å². The van der Waals surface area contributed by atoms with Crippen LogP contribution in [0.1, 0.15) is 23.3 Å². The molecule has 0 aliphatic carbocycles. The number of carbonyl (C=O) groups excluding carboxylic acids is 1. The number of hydrogen-bond acceptors (Lipinski definition) is 5. The summed E-state index contributed by atoms with van der Waals surface area (Å²) in [6.45, 7) is 2.03. The molecule has 0 spiro atoms. The van der Waals surface area contributed by atoms with Crippen molar-refractivity contribution in [3.63, 3.8) is 0 Å². The molecule has 1 aromatic heterocycles. The maximum absolute atomic E-state index is 12.6. The van der Waals surface area contributed by atoms with E-state index in [4.69, 9.17) is 26.8 Å². The molecular weight excluding hydrogens is 370 g/mol. The van der Waals surface area contributed by atoms with Crippen LogP contribution < -0.4 is 10.5 Å². The molecule has 0 saturated carbocycles. The Balaban J connectivity index is 1.95. The fourth-order valence-electron chi connectivity index (χ4n) is 3.17. The number of fused-ring (bicyclic) bond motifs is 3. The van der Waals surface area contributed by atoms with Crippen LogP contribution in [-0.4, -0.2) is 12.6 Å². The zero-order valence-corrected chi connectivity index (χ0v) is 15.6. The number of nitrogens with two attached hydrogens (primary N) is 1. The molecule has 1 atom stereocenters. The van der Waals surface area contributed by atoms with E-state index in [-0.39, 0.29) is 18.4 Å². The van der Waals surface area contributed by atoms with Crippen molar-refractivity contribution in [2.24, 2.45) is 5.73 Å². The summed E-state index contributed by atoms with van der Waals surface area (Å²) in [7, 11) is 0. The Morgan fingerprint density at radius 1 is 1.23 bits per heavy atom. The first-order valence-electron chi connectivity index (χ1n) is 8.21. The van der Waals surface area contributed by atoms with Crippen molar-refractivity contribution in [2.75, 3.05) is 6.61 Å². The zero-order valence-electron chi connectivity index (χ0n) is 14.0. The van der Waals surface area contributed by atoms with Gasteiger partial charge in [-0.05, 0) is 36.8 Å². The molecule has 132 valence electrons. The summed E-state index contributed by atoms with van der Waals surface area (Å²) >= 11 is 7.63. The highest BCUT2D eigenvalue weighted by Gasteiger charge is 2.37. The number of carbonyl (C=O) groups is 1. The minimum atomic E-state index is -0.465. The smallest absolute Gasteiger partial charge is 0.340 e. The molecule has 0 bridgehead atoms. The van der Waals surface area contributed by atoms with Crippen molar-refractivity contribution >= 4 is 39.0 Å². The lowest BCUT2D eigenvalue weighted by atomic mass is 9.87. The number of esters is 1. The van der Waals surface area contributed by atoms with Crippen LogP contribution in [0.3, 0.4) is 0 Å². The molecule has 0 fully saturated rings. The monoisotopic (exact) mass is 385 g/mol. The van der Waals surface area contributed by atoms with Crippen LogP contribution in [0.2, 0.25) is 5.02 Å². The Kier molecular flexibility index (Phi) is 4.34. The molecule has 2 heterocycles. The van der Waals surface area contributed by atoms with E-state index in [1.165, 1.54) is 0 Å². The summed E-state index contributed by atoms with van der Waals surface area (Å²) in [5.41, 5.74) is 7.41. The number of rotatable bonds is 3. The van der Waals surface area contributed by atoms with Gasteiger partial charge in [0.05, 0.1) is 17.4 Å². The third-order valence-electron chi connectivity index (χ3n) is 4.30. The number of thiophene rings is 1. The van der Waals surface area contributed by atoms with Crippen molar-refractivity contribution in [1.29, 1.82) is 0 Å². The molecule has 0 radical (unpaired) electrons. The zero-order chi connectivity index (χ0) is 18.3. The number of benzene rings is 2. The Morgan fingerprint density at radius 2 is 1.96 bits per heavy atom. The lowest BCUT2D eigenvalue weighted by molar-refractivity contribution is -0.139. The van der Waals surface area contributed by atoms with Gasteiger partial charge in [-0.25, -0.2) is 4.79 Å². The van der Waals surface area contributed by atoms with Crippen molar-refractivity contribution in [3.05, 3.63) is 75.5 Å². The largest absolute Gasteiger partial charge is 0.462 e. The van der Waals surface area contributed by atoms with Gasteiger partial charge in [-0.1, -0.05) is 35.9 Å². The minimum absolute atomic E-state index is 0.0828. The van der Waals surface area contributed by atoms with Crippen molar-refractivity contribution < 1.29 is 14.3 Å². The summed E-state index contributed by atoms with van der Waals surface area (Å²) < 4.78 is 12.2. The topological polar surface area (TPSA) is 61.5 Å². The van der Waals surface area contributed by atoms with Gasteiger partial charge in [0.2, 0.25) is 5.88 Å². The highest BCUT2D eigenvalue weighted by Crippen LogP contribution is 2.50. The second-order valence-electron chi connectivity index (χ2n) is 5.88. The van der Waals surface area contributed by atoms with E-state index in [1.54, 1.807) is 30.4 Å². The molecule has 4 rings (SSSR count). The molecule has 3 aromatic rings. The molecule has 26 heavy (non-hydrogen) atoms. The summed E-state index contributed by atoms with van der Waals surface area (Å²) in [4.78, 5) is 13.6. The standard InChI is InChI=1S/C20H16ClNO3S/c1-2-24-20(23)16-15(11-7-9-12(21)10-8-11)18-17(25-19(16)22)13-5-3-4-6-14(13)26-18/h3-10,15H,2,22H2,1H3/t15-/m1/s1. The first-order chi connectivity index (χ1) is 12.6. The van der Waals surface area contributed by atoms with Crippen LogP contribution >= 0.6 is 22.9 Å². The summed E-state index contributed by atoms with van der Waals surface area (Å²) in [6, 6.07) is 15.4. The third-order valence-corrected chi connectivity index (χ3v) is 5.77. The van der Waals surface area contributed by atoms with Gasteiger partial charge in [0.1, 0.15) is 5.57 Å². The van der Waals surface area contributed by atoms with Gasteiger partial charge in [-0.2, -0.15) is 0 Å². The first kappa shape index (κ1) is 16.9. The van der Waals surface area contributed by atoms with E-state index in [2.05, 4.69) is 0 Å². The summed E-state index contributed by atoms with van der Waals surface area (Å²) in [5.74, 6) is -0.0314. The predicted octanol–water partition coefficient (Wildman–Crippen LogP) is 4.81. The number of ether oxygens (including phenoxy) is 2. The predicted molar refractivity (Wildman–Crippen MR) is 104 cm³/mol. The van der Waals surface area contributed by atoms with Crippen LogP contribution in [0.5, 0.6) is 5.75 Å². The number of halogens is 1. The van der Waals surface area contributed by atoms with Crippen LogP contribution in [0, 0.1) is 0 Å². The van der Waals surface area contributed by atoms with E-state index in [9.17, 15) is 4.79 Å².